The van der Waals surface area contributed by atoms with Crippen molar-refractivity contribution in [2.24, 2.45) is 0 Å². The number of Topliss-reactive ketones (excluding diaryl/α,β-unsaturated/α-hetero) is 1. The first-order valence-corrected chi connectivity index (χ1v) is 6.71. The van der Waals surface area contributed by atoms with E-state index in [1.807, 2.05) is 18.2 Å². The molecule has 104 valence electrons. The molecule has 2 aromatic carbocycles. The SMILES string of the molecule is O=C(CCCOc1ccc(F)cc1Cl)c1ccccc1. The van der Waals surface area contributed by atoms with Crippen molar-refractivity contribution < 1.29 is 13.9 Å². The van der Waals surface area contributed by atoms with Crippen molar-refractivity contribution in [3.63, 3.8) is 0 Å². The second-order valence-electron chi connectivity index (χ2n) is 4.32. The van der Waals surface area contributed by atoms with Gasteiger partial charge in [-0.25, -0.2) is 4.39 Å². The summed E-state index contributed by atoms with van der Waals surface area (Å²) in [6.45, 7) is 0.365. The van der Waals surface area contributed by atoms with Gasteiger partial charge < -0.3 is 4.74 Å². The highest BCUT2D eigenvalue weighted by Gasteiger charge is 2.06. The highest BCUT2D eigenvalue weighted by Crippen LogP contribution is 2.25. The van der Waals surface area contributed by atoms with E-state index in [2.05, 4.69) is 0 Å². The average molecular weight is 293 g/mol. The Bertz CT molecular complexity index is 584. The lowest BCUT2D eigenvalue weighted by Gasteiger charge is -2.07. The van der Waals surface area contributed by atoms with Crippen LogP contribution in [0.4, 0.5) is 4.39 Å². The monoisotopic (exact) mass is 292 g/mol. The van der Waals surface area contributed by atoms with Gasteiger partial charge in [0.05, 0.1) is 11.6 Å². The lowest BCUT2D eigenvalue weighted by atomic mass is 10.1. The summed E-state index contributed by atoms with van der Waals surface area (Å²) in [6, 6.07) is 13.1. The highest BCUT2D eigenvalue weighted by molar-refractivity contribution is 6.32. The summed E-state index contributed by atoms with van der Waals surface area (Å²) in [6.07, 6.45) is 0.990. The molecule has 0 fully saturated rings. The average Bonchev–Trinajstić information content (AvgIpc) is 2.46. The van der Waals surface area contributed by atoms with E-state index in [0.29, 0.717) is 30.8 Å². The second-order valence-corrected chi connectivity index (χ2v) is 4.72. The first-order chi connectivity index (χ1) is 9.66. The fourth-order valence-electron chi connectivity index (χ4n) is 1.78. The number of hydrogen-bond donors (Lipinski definition) is 0. The molecule has 2 rings (SSSR count). The van der Waals surface area contributed by atoms with Crippen molar-refractivity contribution in [1.82, 2.24) is 0 Å². The predicted molar refractivity (Wildman–Crippen MR) is 76.9 cm³/mol. The largest absolute Gasteiger partial charge is 0.492 e. The Morgan fingerprint density at radius 1 is 1.15 bits per heavy atom. The minimum Gasteiger partial charge on any atom is -0.492 e. The Morgan fingerprint density at radius 2 is 1.90 bits per heavy atom. The number of rotatable bonds is 6. The summed E-state index contributed by atoms with van der Waals surface area (Å²) < 4.78 is 18.3. The molecule has 0 heterocycles. The van der Waals surface area contributed by atoms with E-state index in [9.17, 15) is 9.18 Å². The molecule has 0 aliphatic heterocycles. The van der Waals surface area contributed by atoms with Gasteiger partial charge in [-0.1, -0.05) is 41.9 Å². The van der Waals surface area contributed by atoms with Gasteiger partial charge in [0, 0.05) is 12.0 Å². The third kappa shape index (κ3) is 4.07. The van der Waals surface area contributed by atoms with Crippen LogP contribution in [0.3, 0.4) is 0 Å². The maximum Gasteiger partial charge on any atom is 0.163 e. The number of carbonyl (C=O) groups excluding carboxylic acids is 1. The maximum atomic E-state index is 12.8. The molecular formula is C16H14ClFO2. The van der Waals surface area contributed by atoms with E-state index < -0.39 is 5.82 Å². The Balaban J connectivity index is 1.78. The number of hydrogen-bond acceptors (Lipinski definition) is 2. The predicted octanol–water partition coefficient (Wildman–Crippen LogP) is 4.52. The van der Waals surface area contributed by atoms with Crippen molar-refractivity contribution in [3.8, 4) is 5.75 Å². The zero-order valence-corrected chi connectivity index (χ0v) is 11.6. The molecule has 0 aromatic heterocycles. The molecule has 0 aliphatic rings. The zero-order valence-electron chi connectivity index (χ0n) is 10.8. The van der Waals surface area contributed by atoms with E-state index >= 15 is 0 Å². The Labute approximate surface area is 122 Å². The smallest absolute Gasteiger partial charge is 0.163 e. The normalized spacial score (nSPS) is 10.3. The van der Waals surface area contributed by atoms with Crippen LogP contribution in [0.25, 0.3) is 0 Å². The number of ketones is 1. The van der Waals surface area contributed by atoms with Crippen molar-refractivity contribution in [1.29, 1.82) is 0 Å². The van der Waals surface area contributed by atoms with Crippen LogP contribution in [0.2, 0.25) is 5.02 Å². The molecule has 0 atom stereocenters. The molecule has 20 heavy (non-hydrogen) atoms. The molecule has 0 spiro atoms. The zero-order chi connectivity index (χ0) is 14.4. The minimum absolute atomic E-state index is 0.0828. The first-order valence-electron chi connectivity index (χ1n) is 6.33. The molecule has 4 heteroatoms. The van der Waals surface area contributed by atoms with E-state index in [0.717, 1.165) is 0 Å². The number of benzene rings is 2. The Kier molecular flexibility index (Phi) is 5.13. The Hall–Kier alpha value is -1.87. The molecule has 0 N–H and O–H groups in total. The van der Waals surface area contributed by atoms with Crippen molar-refractivity contribution in [3.05, 3.63) is 64.9 Å². The van der Waals surface area contributed by atoms with Crippen molar-refractivity contribution >= 4 is 17.4 Å². The van der Waals surface area contributed by atoms with Crippen LogP contribution in [0.5, 0.6) is 5.75 Å². The van der Waals surface area contributed by atoms with Gasteiger partial charge in [0.15, 0.2) is 5.78 Å². The summed E-state index contributed by atoms with van der Waals surface area (Å²) in [4.78, 5) is 11.8. The molecule has 0 bridgehead atoms. The van der Waals surface area contributed by atoms with Gasteiger partial charge in [-0.3, -0.25) is 4.79 Å². The topological polar surface area (TPSA) is 26.3 Å². The van der Waals surface area contributed by atoms with Crippen LogP contribution in [-0.4, -0.2) is 12.4 Å². The van der Waals surface area contributed by atoms with E-state index in [1.54, 1.807) is 12.1 Å². The minimum atomic E-state index is -0.401. The van der Waals surface area contributed by atoms with Gasteiger partial charge in [0.1, 0.15) is 11.6 Å². The Morgan fingerprint density at radius 3 is 2.60 bits per heavy atom. The lowest BCUT2D eigenvalue weighted by Crippen LogP contribution is -2.04. The summed E-state index contributed by atoms with van der Waals surface area (Å²) in [5.74, 6) is 0.112. The molecule has 0 unspecified atom stereocenters. The highest BCUT2D eigenvalue weighted by atomic mass is 35.5. The molecule has 2 aromatic rings. The van der Waals surface area contributed by atoms with Gasteiger partial charge in [0.2, 0.25) is 0 Å². The molecule has 0 saturated carbocycles. The standard InChI is InChI=1S/C16H14ClFO2/c17-14-11-13(18)8-9-16(14)20-10-4-7-15(19)12-5-2-1-3-6-12/h1-3,5-6,8-9,11H,4,7,10H2. The summed E-state index contributed by atoms with van der Waals surface area (Å²) in [7, 11) is 0. The van der Waals surface area contributed by atoms with Crippen molar-refractivity contribution in [2.45, 2.75) is 12.8 Å². The molecule has 0 radical (unpaired) electrons. The lowest BCUT2D eigenvalue weighted by molar-refractivity contribution is 0.0973. The number of carbonyl (C=O) groups is 1. The molecule has 0 amide bonds. The fraction of sp³-hybridized carbons (Fsp3) is 0.188. The van der Waals surface area contributed by atoms with Gasteiger partial charge >= 0.3 is 0 Å². The van der Waals surface area contributed by atoms with Crippen LogP contribution in [0.15, 0.2) is 48.5 Å². The molecule has 0 saturated heterocycles. The van der Waals surface area contributed by atoms with Crippen LogP contribution in [-0.2, 0) is 0 Å². The van der Waals surface area contributed by atoms with Gasteiger partial charge in [-0.2, -0.15) is 0 Å². The number of ether oxygens (including phenoxy) is 1. The quantitative estimate of drug-likeness (QED) is 0.578. The van der Waals surface area contributed by atoms with Gasteiger partial charge in [0.25, 0.3) is 0 Å². The van der Waals surface area contributed by atoms with E-state index in [4.69, 9.17) is 16.3 Å². The third-order valence-electron chi connectivity index (χ3n) is 2.80. The molecule has 2 nitrogen and oxygen atoms in total. The van der Waals surface area contributed by atoms with Crippen LogP contribution in [0.1, 0.15) is 23.2 Å². The maximum absolute atomic E-state index is 12.8. The summed E-state index contributed by atoms with van der Waals surface area (Å²) >= 11 is 5.83. The molecule has 0 aliphatic carbocycles. The van der Waals surface area contributed by atoms with Gasteiger partial charge in [-0.05, 0) is 24.6 Å². The third-order valence-corrected chi connectivity index (χ3v) is 3.09. The fourth-order valence-corrected chi connectivity index (χ4v) is 2.00. The first kappa shape index (κ1) is 14.5. The molecular weight excluding hydrogens is 279 g/mol. The summed E-state index contributed by atoms with van der Waals surface area (Å²) in [5.41, 5.74) is 0.701. The second kappa shape index (κ2) is 7.06. The van der Waals surface area contributed by atoms with Crippen molar-refractivity contribution in [2.75, 3.05) is 6.61 Å². The van der Waals surface area contributed by atoms with E-state index in [-0.39, 0.29) is 10.8 Å². The van der Waals surface area contributed by atoms with Crippen LogP contribution in [0, 0.1) is 5.82 Å². The van der Waals surface area contributed by atoms with Crippen LogP contribution >= 0.6 is 11.6 Å². The van der Waals surface area contributed by atoms with E-state index in [1.165, 1.54) is 18.2 Å². The summed E-state index contributed by atoms with van der Waals surface area (Å²) in [5, 5.41) is 0.236. The van der Waals surface area contributed by atoms with Crippen LogP contribution < -0.4 is 4.74 Å². The number of halogens is 2. The van der Waals surface area contributed by atoms with Gasteiger partial charge in [-0.15, -0.1) is 0 Å².